The molecule has 0 bridgehead atoms. The first-order valence-electron chi connectivity index (χ1n) is 8.61. The molecule has 5 rings (SSSR count). The smallest absolute Gasteiger partial charge is 0.231 e. The van der Waals surface area contributed by atoms with E-state index in [9.17, 15) is 4.79 Å². The van der Waals surface area contributed by atoms with Crippen molar-refractivity contribution in [1.29, 1.82) is 0 Å². The zero-order valence-electron chi connectivity index (χ0n) is 14.1. The van der Waals surface area contributed by atoms with Crippen molar-refractivity contribution in [1.82, 2.24) is 0 Å². The van der Waals surface area contributed by atoms with E-state index in [4.69, 9.17) is 9.47 Å². The van der Waals surface area contributed by atoms with Crippen LogP contribution in [0.3, 0.4) is 0 Å². The van der Waals surface area contributed by atoms with Gasteiger partial charge in [-0.05, 0) is 58.5 Å². The standard InChI is InChI=1S/C23H16O3/c24-21(9-5-15-6-10-22-23(11-15)26-14-25-22)18-8-7-17-12-16-3-1-2-4-19(16)20(17)13-18/h1-11,13H,12,14H2/b9-5+. The van der Waals surface area contributed by atoms with Crippen LogP contribution in [-0.4, -0.2) is 12.6 Å². The Balaban J connectivity index is 1.42. The number of fused-ring (bicyclic) bond motifs is 4. The van der Waals surface area contributed by atoms with E-state index in [1.807, 2.05) is 42.5 Å². The van der Waals surface area contributed by atoms with Gasteiger partial charge < -0.3 is 9.47 Å². The van der Waals surface area contributed by atoms with Crippen molar-refractivity contribution in [3.05, 3.63) is 89.0 Å². The lowest BCUT2D eigenvalue weighted by Gasteiger charge is -2.03. The van der Waals surface area contributed by atoms with E-state index in [2.05, 4.69) is 24.3 Å². The summed E-state index contributed by atoms with van der Waals surface area (Å²) in [4.78, 5) is 12.6. The van der Waals surface area contributed by atoms with E-state index in [0.29, 0.717) is 11.3 Å². The lowest BCUT2D eigenvalue weighted by Crippen LogP contribution is -1.95. The lowest BCUT2D eigenvalue weighted by molar-refractivity contribution is 0.104. The Kier molecular flexibility index (Phi) is 3.39. The second-order valence-electron chi connectivity index (χ2n) is 6.52. The maximum atomic E-state index is 12.6. The fourth-order valence-corrected chi connectivity index (χ4v) is 3.56. The average Bonchev–Trinajstić information content (AvgIpc) is 3.29. The van der Waals surface area contributed by atoms with Crippen LogP contribution in [-0.2, 0) is 6.42 Å². The number of benzene rings is 3. The molecule has 0 radical (unpaired) electrons. The molecule has 3 nitrogen and oxygen atoms in total. The minimum atomic E-state index is -0.00477. The van der Waals surface area contributed by atoms with Gasteiger partial charge in [0.25, 0.3) is 0 Å². The summed E-state index contributed by atoms with van der Waals surface area (Å²) in [6.45, 7) is 0.248. The zero-order chi connectivity index (χ0) is 17.5. The minimum absolute atomic E-state index is 0.00477. The maximum Gasteiger partial charge on any atom is 0.231 e. The van der Waals surface area contributed by atoms with Gasteiger partial charge in [-0.25, -0.2) is 0 Å². The molecule has 3 heteroatoms. The molecule has 0 aromatic heterocycles. The van der Waals surface area contributed by atoms with Crippen LogP contribution < -0.4 is 9.47 Å². The molecule has 0 saturated heterocycles. The van der Waals surface area contributed by atoms with E-state index in [1.165, 1.54) is 22.3 Å². The molecule has 0 atom stereocenters. The normalized spacial score (nSPS) is 13.7. The van der Waals surface area contributed by atoms with Gasteiger partial charge in [-0.3, -0.25) is 4.79 Å². The van der Waals surface area contributed by atoms with Crippen molar-refractivity contribution in [3.63, 3.8) is 0 Å². The quantitative estimate of drug-likeness (QED) is 0.394. The van der Waals surface area contributed by atoms with Crippen LogP contribution in [0.2, 0.25) is 0 Å². The van der Waals surface area contributed by atoms with Crippen LogP contribution in [0, 0.1) is 0 Å². The molecule has 1 aliphatic heterocycles. The molecule has 1 heterocycles. The Labute approximate surface area is 151 Å². The SMILES string of the molecule is O=C(/C=C/c1ccc2c(c1)OCO2)c1ccc2c(c1)-c1ccccc1C2. The van der Waals surface area contributed by atoms with Gasteiger partial charge in [0.2, 0.25) is 6.79 Å². The van der Waals surface area contributed by atoms with Crippen molar-refractivity contribution in [3.8, 4) is 22.6 Å². The molecule has 0 saturated carbocycles. The molecular formula is C23H16O3. The van der Waals surface area contributed by atoms with Gasteiger partial charge in [0, 0.05) is 5.56 Å². The largest absolute Gasteiger partial charge is 0.454 e. The maximum absolute atomic E-state index is 12.6. The number of hydrogen-bond donors (Lipinski definition) is 0. The fraction of sp³-hybridized carbons (Fsp3) is 0.0870. The number of carbonyl (C=O) groups is 1. The Morgan fingerprint density at radius 3 is 2.65 bits per heavy atom. The van der Waals surface area contributed by atoms with Crippen molar-refractivity contribution in [2.75, 3.05) is 6.79 Å². The van der Waals surface area contributed by atoms with Crippen LogP contribution in [0.1, 0.15) is 27.0 Å². The molecule has 0 fully saturated rings. The summed E-state index contributed by atoms with van der Waals surface area (Å²) in [6.07, 6.45) is 4.36. The van der Waals surface area contributed by atoms with Crippen molar-refractivity contribution in [2.24, 2.45) is 0 Å². The van der Waals surface area contributed by atoms with Crippen molar-refractivity contribution >= 4 is 11.9 Å². The lowest BCUT2D eigenvalue weighted by atomic mass is 10.0. The number of carbonyl (C=O) groups excluding carboxylic acids is 1. The Hall–Kier alpha value is -3.33. The third-order valence-electron chi connectivity index (χ3n) is 4.91. The Bertz CT molecular complexity index is 1060. The van der Waals surface area contributed by atoms with E-state index in [-0.39, 0.29) is 12.6 Å². The molecule has 3 aromatic carbocycles. The van der Waals surface area contributed by atoms with Gasteiger partial charge in [0.15, 0.2) is 17.3 Å². The molecule has 3 aromatic rings. The third kappa shape index (κ3) is 2.49. The number of rotatable bonds is 3. The highest BCUT2D eigenvalue weighted by molar-refractivity contribution is 6.07. The van der Waals surface area contributed by atoms with Crippen LogP contribution in [0.15, 0.2) is 66.7 Å². The van der Waals surface area contributed by atoms with Crippen LogP contribution in [0.25, 0.3) is 17.2 Å². The highest BCUT2D eigenvalue weighted by Crippen LogP contribution is 2.37. The van der Waals surface area contributed by atoms with Gasteiger partial charge in [-0.15, -0.1) is 0 Å². The number of allylic oxidation sites excluding steroid dienone is 1. The molecule has 1 aliphatic carbocycles. The summed E-state index contributed by atoms with van der Waals surface area (Å²) >= 11 is 0. The van der Waals surface area contributed by atoms with E-state index in [0.717, 1.165) is 17.7 Å². The topological polar surface area (TPSA) is 35.5 Å². The Morgan fingerprint density at radius 2 is 1.69 bits per heavy atom. The van der Waals surface area contributed by atoms with Crippen molar-refractivity contribution in [2.45, 2.75) is 6.42 Å². The second-order valence-corrected chi connectivity index (χ2v) is 6.52. The predicted octanol–water partition coefficient (Wildman–Crippen LogP) is 4.88. The molecule has 26 heavy (non-hydrogen) atoms. The van der Waals surface area contributed by atoms with E-state index >= 15 is 0 Å². The van der Waals surface area contributed by atoms with Gasteiger partial charge >= 0.3 is 0 Å². The van der Waals surface area contributed by atoms with Gasteiger partial charge in [-0.2, -0.15) is 0 Å². The van der Waals surface area contributed by atoms with Gasteiger partial charge in [0.1, 0.15) is 0 Å². The fourth-order valence-electron chi connectivity index (χ4n) is 3.56. The molecule has 0 amide bonds. The highest BCUT2D eigenvalue weighted by atomic mass is 16.7. The van der Waals surface area contributed by atoms with E-state index < -0.39 is 0 Å². The summed E-state index contributed by atoms with van der Waals surface area (Å²) in [5.41, 5.74) is 6.62. The molecule has 126 valence electrons. The summed E-state index contributed by atoms with van der Waals surface area (Å²) in [6, 6.07) is 20.0. The molecule has 2 aliphatic rings. The summed E-state index contributed by atoms with van der Waals surface area (Å²) < 4.78 is 10.7. The predicted molar refractivity (Wildman–Crippen MR) is 101 cm³/mol. The molecule has 0 spiro atoms. The number of ether oxygens (including phenoxy) is 2. The van der Waals surface area contributed by atoms with Crippen LogP contribution in [0.5, 0.6) is 11.5 Å². The van der Waals surface area contributed by atoms with Crippen molar-refractivity contribution < 1.29 is 14.3 Å². The van der Waals surface area contributed by atoms with Gasteiger partial charge in [0.05, 0.1) is 0 Å². The van der Waals surface area contributed by atoms with Gasteiger partial charge in [-0.1, -0.05) is 48.5 Å². The Morgan fingerprint density at radius 1 is 0.846 bits per heavy atom. The first kappa shape index (κ1) is 15.0. The number of hydrogen-bond acceptors (Lipinski definition) is 3. The number of ketones is 1. The van der Waals surface area contributed by atoms with Crippen LogP contribution in [0.4, 0.5) is 0 Å². The monoisotopic (exact) mass is 340 g/mol. The average molecular weight is 340 g/mol. The van der Waals surface area contributed by atoms with Crippen LogP contribution >= 0.6 is 0 Å². The van der Waals surface area contributed by atoms with E-state index in [1.54, 1.807) is 6.08 Å². The highest BCUT2D eigenvalue weighted by Gasteiger charge is 2.19. The zero-order valence-corrected chi connectivity index (χ0v) is 14.1. The molecular weight excluding hydrogens is 324 g/mol. The third-order valence-corrected chi connectivity index (χ3v) is 4.91. The first-order chi connectivity index (χ1) is 12.8. The minimum Gasteiger partial charge on any atom is -0.454 e. The second kappa shape index (κ2) is 5.88. The summed E-state index contributed by atoms with van der Waals surface area (Å²) in [5, 5.41) is 0. The summed E-state index contributed by atoms with van der Waals surface area (Å²) in [5.74, 6) is 1.45. The summed E-state index contributed by atoms with van der Waals surface area (Å²) in [7, 11) is 0. The molecule has 0 unspecified atom stereocenters. The molecule has 0 N–H and O–H groups in total. The first-order valence-corrected chi connectivity index (χ1v) is 8.61.